The third-order valence-electron chi connectivity index (χ3n) is 2.20. The number of carbonyl (C=O) groups is 1. The molecule has 0 aliphatic carbocycles. The largest absolute Gasteiger partial charge is 0.474 e. The number of hydrogen-bond acceptors (Lipinski definition) is 3. The van der Waals surface area contributed by atoms with E-state index < -0.39 is 6.10 Å². The van der Waals surface area contributed by atoms with Crippen LogP contribution in [0.2, 0.25) is 5.02 Å². The fraction of sp³-hybridized carbons (Fsp3) is 0.250. The highest BCUT2D eigenvalue weighted by molar-refractivity contribution is 6.30. The first-order chi connectivity index (χ1) is 7.70. The van der Waals surface area contributed by atoms with E-state index in [0.29, 0.717) is 17.4 Å². The monoisotopic (exact) mass is 238 g/mol. The molecule has 0 spiro atoms. The fourth-order valence-corrected chi connectivity index (χ4v) is 1.63. The van der Waals surface area contributed by atoms with E-state index in [9.17, 15) is 4.79 Å². The summed E-state index contributed by atoms with van der Waals surface area (Å²) in [5, 5.41) is 0.580. The molecule has 1 aromatic carbocycles. The van der Waals surface area contributed by atoms with Crippen LogP contribution in [-0.4, -0.2) is 18.7 Å². The van der Waals surface area contributed by atoms with Gasteiger partial charge in [-0.1, -0.05) is 17.7 Å². The van der Waals surface area contributed by atoms with Crippen LogP contribution in [-0.2, 0) is 9.53 Å². The van der Waals surface area contributed by atoms with Crippen LogP contribution in [0.3, 0.4) is 0 Å². The summed E-state index contributed by atoms with van der Waals surface area (Å²) in [6.45, 7) is 2.10. The minimum atomic E-state index is -0.675. The first-order valence-electron chi connectivity index (χ1n) is 5.01. The Morgan fingerprint density at radius 3 is 3.12 bits per heavy atom. The molecule has 0 bridgehead atoms. The molecule has 1 aliphatic rings. The lowest BCUT2D eigenvalue weighted by atomic mass is 10.1. The predicted octanol–water partition coefficient (Wildman–Crippen LogP) is 2.68. The van der Waals surface area contributed by atoms with E-state index in [2.05, 4.69) is 0 Å². The maximum Gasteiger partial charge on any atom is 0.351 e. The van der Waals surface area contributed by atoms with Crippen LogP contribution in [0.1, 0.15) is 12.5 Å². The molecule has 4 heteroatoms. The molecule has 84 valence electrons. The Balaban J connectivity index is 2.20. The Morgan fingerprint density at radius 1 is 1.56 bits per heavy atom. The number of ether oxygens (including phenoxy) is 2. The SMILES string of the molecule is CCOC(=O)C1C=Cc2ccc(Cl)cc2O1. The Kier molecular flexibility index (Phi) is 3.15. The van der Waals surface area contributed by atoms with Crippen molar-refractivity contribution < 1.29 is 14.3 Å². The molecule has 1 aliphatic heterocycles. The Labute approximate surface area is 98.6 Å². The molecule has 1 aromatic rings. The van der Waals surface area contributed by atoms with Crippen LogP contribution in [0.4, 0.5) is 0 Å². The topological polar surface area (TPSA) is 35.5 Å². The number of rotatable bonds is 2. The van der Waals surface area contributed by atoms with Crippen molar-refractivity contribution in [3.05, 3.63) is 34.9 Å². The number of hydrogen-bond donors (Lipinski definition) is 0. The highest BCUT2D eigenvalue weighted by Gasteiger charge is 2.22. The number of esters is 1. The van der Waals surface area contributed by atoms with Gasteiger partial charge < -0.3 is 9.47 Å². The van der Waals surface area contributed by atoms with Gasteiger partial charge in [-0.3, -0.25) is 0 Å². The molecular formula is C12H11ClO3. The van der Waals surface area contributed by atoms with E-state index in [0.717, 1.165) is 5.56 Å². The Morgan fingerprint density at radius 2 is 2.38 bits per heavy atom. The average Bonchev–Trinajstić information content (AvgIpc) is 2.28. The van der Waals surface area contributed by atoms with Gasteiger partial charge in [-0.25, -0.2) is 4.79 Å². The minimum absolute atomic E-state index is 0.342. The zero-order valence-corrected chi connectivity index (χ0v) is 9.53. The number of fused-ring (bicyclic) bond motifs is 1. The van der Waals surface area contributed by atoms with Crippen molar-refractivity contribution in [2.75, 3.05) is 6.61 Å². The highest BCUT2D eigenvalue weighted by Crippen LogP contribution is 2.29. The summed E-state index contributed by atoms with van der Waals surface area (Å²) in [6, 6.07) is 5.31. The van der Waals surface area contributed by atoms with Crippen molar-refractivity contribution in [2.45, 2.75) is 13.0 Å². The van der Waals surface area contributed by atoms with Gasteiger partial charge in [-0.05, 0) is 31.2 Å². The van der Waals surface area contributed by atoms with Crippen LogP contribution >= 0.6 is 11.6 Å². The summed E-state index contributed by atoms with van der Waals surface area (Å²) in [7, 11) is 0. The number of halogens is 1. The van der Waals surface area contributed by atoms with Gasteiger partial charge in [0.25, 0.3) is 0 Å². The molecule has 16 heavy (non-hydrogen) atoms. The van der Waals surface area contributed by atoms with Crippen molar-refractivity contribution >= 4 is 23.6 Å². The van der Waals surface area contributed by atoms with Crippen molar-refractivity contribution in [3.8, 4) is 5.75 Å². The predicted molar refractivity (Wildman–Crippen MR) is 61.5 cm³/mol. The van der Waals surface area contributed by atoms with Gasteiger partial charge in [-0.2, -0.15) is 0 Å². The quantitative estimate of drug-likeness (QED) is 0.743. The molecule has 2 rings (SSSR count). The van der Waals surface area contributed by atoms with E-state index in [1.54, 1.807) is 25.1 Å². The van der Waals surface area contributed by atoms with Crippen molar-refractivity contribution in [1.82, 2.24) is 0 Å². The lowest BCUT2D eigenvalue weighted by Crippen LogP contribution is -2.29. The van der Waals surface area contributed by atoms with Gasteiger partial charge in [0.15, 0.2) is 0 Å². The molecule has 0 saturated heterocycles. The molecule has 3 nitrogen and oxygen atoms in total. The molecule has 0 N–H and O–H groups in total. The van der Waals surface area contributed by atoms with Gasteiger partial charge in [0, 0.05) is 10.6 Å². The molecule has 0 radical (unpaired) electrons. The van der Waals surface area contributed by atoms with Crippen LogP contribution in [0.5, 0.6) is 5.75 Å². The normalized spacial score (nSPS) is 17.5. The summed E-state index contributed by atoms with van der Waals surface area (Å²) in [5.41, 5.74) is 0.907. The average molecular weight is 239 g/mol. The second-order valence-corrected chi connectivity index (χ2v) is 3.77. The first-order valence-corrected chi connectivity index (χ1v) is 5.39. The Hall–Kier alpha value is -1.48. The molecular weight excluding hydrogens is 228 g/mol. The van der Waals surface area contributed by atoms with Crippen molar-refractivity contribution in [1.29, 1.82) is 0 Å². The summed E-state index contributed by atoms with van der Waals surface area (Å²) in [6.07, 6.45) is 2.83. The molecule has 1 unspecified atom stereocenters. The third-order valence-corrected chi connectivity index (χ3v) is 2.43. The number of carbonyl (C=O) groups excluding carboxylic acids is 1. The maximum atomic E-state index is 11.5. The Bertz CT molecular complexity index is 440. The smallest absolute Gasteiger partial charge is 0.351 e. The third kappa shape index (κ3) is 2.19. The van der Waals surface area contributed by atoms with E-state index >= 15 is 0 Å². The van der Waals surface area contributed by atoms with Gasteiger partial charge in [0.2, 0.25) is 6.10 Å². The lowest BCUT2D eigenvalue weighted by Gasteiger charge is -2.19. The zero-order valence-electron chi connectivity index (χ0n) is 8.77. The van der Waals surface area contributed by atoms with E-state index in [1.165, 1.54) is 0 Å². The van der Waals surface area contributed by atoms with Crippen molar-refractivity contribution in [3.63, 3.8) is 0 Å². The second-order valence-electron chi connectivity index (χ2n) is 3.33. The lowest BCUT2D eigenvalue weighted by molar-refractivity contribution is -0.149. The summed E-state index contributed by atoms with van der Waals surface area (Å²) in [4.78, 5) is 11.5. The summed E-state index contributed by atoms with van der Waals surface area (Å²) >= 11 is 5.84. The highest BCUT2D eigenvalue weighted by atomic mass is 35.5. The standard InChI is InChI=1S/C12H11ClO3/c1-2-15-12(14)10-6-4-8-3-5-9(13)7-11(8)16-10/h3-7,10H,2H2,1H3. The van der Waals surface area contributed by atoms with Gasteiger partial charge in [0.05, 0.1) is 6.61 Å². The van der Waals surface area contributed by atoms with Gasteiger partial charge in [0.1, 0.15) is 5.75 Å². The van der Waals surface area contributed by atoms with Gasteiger partial charge in [-0.15, -0.1) is 0 Å². The first kappa shape index (κ1) is 11.0. The number of benzene rings is 1. The second kappa shape index (κ2) is 4.58. The van der Waals surface area contributed by atoms with E-state index in [-0.39, 0.29) is 5.97 Å². The van der Waals surface area contributed by atoms with Crippen LogP contribution in [0.15, 0.2) is 24.3 Å². The van der Waals surface area contributed by atoms with Crippen LogP contribution < -0.4 is 4.74 Å². The molecule has 0 amide bonds. The molecule has 1 atom stereocenters. The van der Waals surface area contributed by atoms with Crippen LogP contribution in [0, 0.1) is 0 Å². The fourth-order valence-electron chi connectivity index (χ4n) is 1.47. The molecule has 0 aromatic heterocycles. The molecule has 0 saturated carbocycles. The van der Waals surface area contributed by atoms with Crippen molar-refractivity contribution in [2.24, 2.45) is 0 Å². The molecule has 1 heterocycles. The summed E-state index contributed by atoms with van der Waals surface area (Å²) in [5.74, 6) is 0.220. The maximum absolute atomic E-state index is 11.5. The van der Waals surface area contributed by atoms with Gasteiger partial charge >= 0.3 is 5.97 Å². The molecule has 0 fully saturated rings. The zero-order chi connectivity index (χ0) is 11.5. The summed E-state index contributed by atoms with van der Waals surface area (Å²) < 4.78 is 10.4. The van der Waals surface area contributed by atoms with Crippen LogP contribution in [0.25, 0.3) is 6.08 Å². The van der Waals surface area contributed by atoms with E-state index in [1.807, 2.05) is 12.1 Å². The van der Waals surface area contributed by atoms with E-state index in [4.69, 9.17) is 21.1 Å². The minimum Gasteiger partial charge on any atom is -0.474 e.